The summed E-state index contributed by atoms with van der Waals surface area (Å²) in [5.74, 6) is -3.37. The van der Waals surface area contributed by atoms with Crippen LogP contribution in [0.2, 0.25) is 0 Å². The summed E-state index contributed by atoms with van der Waals surface area (Å²) in [4.78, 5) is 3.73. The van der Waals surface area contributed by atoms with E-state index in [9.17, 15) is 26.3 Å². The van der Waals surface area contributed by atoms with Crippen LogP contribution in [0.4, 0.5) is 26.3 Å². The SMILES string of the molecule is CCNC(Cc1ncnn1CC)C(C(F)(F)F)C(F)(F)F. The molecule has 1 aromatic rings. The summed E-state index contributed by atoms with van der Waals surface area (Å²) in [5.41, 5.74) is 0. The fraction of sp³-hybridized carbons (Fsp3) is 0.818. The number of halogens is 6. The number of nitrogens with zero attached hydrogens (tertiary/aromatic N) is 3. The lowest BCUT2D eigenvalue weighted by molar-refractivity contribution is -0.291. The highest BCUT2D eigenvalue weighted by molar-refractivity contribution is 4.96. The Bertz CT molecular complexity index is 425. The molecule has 0 amide bonds. The predicted octanol–water partition coefficient (Wildman–Crippen LogP) is 2.56. The Labute approximate surface area is 117 Å². The van der Waals surface area contributed by atoms with E-state index in [0.29, 0.717) is 6.54 Å². The van der Waals surface area contributed by atoms with E-state index in [1.165, 1.54) is 11.6 Å². The number of nitrogens with one attached hydrogen (secondary N) is 1. The highest BCUT2D eigenvalue weighted by Gasteiger charge is 2.60. The molecule has 1 N–H and O–H groups in total. The van der Waals surface area contributed by atoms with Gasteiger partial charge in [0.1, 0.15) is 12.2 Å². The monoisotopic (exact) mass is 318 g/mol. The topological polar surface area (TPSA) is 42.7 Å². The van der Waals surface area contributed by atoms with Crippen molar-refractivity contribution in [1.29, 1.82) is 0 Å². The van der Waals surface area contributed by atoms with Crippen LogP contribution < -0.4 is 5.32 Å². The van der Waals surface area contributed by atoms with Gasteiger partial charge in [-0.05, 0) is 13.5 Å². The lowest BCUT2D eigenvalue weighted by Crippen LogP contribution is -2.52. The fourth-order valence-corrected chi connectivity index (χ4v) is 2.12. The number of rotatable bonds is 6. The Balaban J connectivity index is 3.08. The van der Waals surface area contributed by atoms with E-state index in [0.717, 1.165) is 6.33 Å². The molecule has 10 heteroatoms. The van der Waals surface area contributed by atoms with Crippen molar-refractivity contribution in [2.75, 3.05) is 6.54 Å². The van der Waals surface area contributed by atoms with Gasteiger partial charge in [-0.3, -0.25) is 4.68 Å². The molecule has 0 radical (unpaired) electrons. The number of likely N-dealkylation sites (N-methyl/N-ethyl adjacent to an activating group) is 1. The Morgan fingerprint density at radius 2 is 1.71 bits per heavy atom. The van der Waals surface area contributed by atoms with Crippen LogP contribution >= 0.6 is 0 Å². The third-order valence-electron chi connectivity index (χ3n) is 2.97. The van der Waals surface area contributed by atoms with Crippen LogP contribution in [-0.4, -0.2) is 39.7 Å². The summed E-state index contributed by atoms with van der Waals surface area (Å²) in [6, 6.07) is -1.84. The average Bonchev–Trinajstić information content (AvgIpc) is 2.72. The second-order valence-electron chi connectivity index (χ2n) is 4.42. The number of aromatic nitrogens is 3. The van der Waals surface area contributed by atoms with Gasteiger partial charge < -0.3 is 5.32 Å². The summed E-state index contributed by atoms with van der Waals surface area (Å²) in [6.07, 6.45) is -10.2. The minimum absolute atomic E-state index is 0.0202. The van der Waals surface area contributed by atoms with E-state index in [1.54, 1.807) is 6.92 Å². The van der Waals surface area contributed by atoms with Crippen molar-refractivity contribution >= 4 is 0 Å². The van der Waals surface area contributed by atoms with Crippen molar-refractivity contribution in [1.82, 2.24) is 20.1 Å². The Kier molecular flexibility index (Phi) is 5.60. The predicted molar refractivity (Wildman–Crippen MR) is 62.5 cm³/mol. The van der Waals surface area contributed by atoms with Crippen molar-refractivity contribution in [2.24, 2.45) is 5.92 Å². The summed E-state index contributed by atoms with van der Waals surface area (Å²) in [7, 11) is 0. The molecule has 4 nitrogen and oxygen atoms in total. The van der Waals surface area contributed by atoms with Crippen molar-refractivity contribution in [3.05, 3.63) is 12.2 Å². The van der Waals surface area contributed by atoms with Crippen LogP contribution in [0.15, 0.2) is 6.33 Å². The summed E-state index contributed by atoms with van der Waals surface area (Å²) >= 11 is 0. The lowest BCUT2D eigenvalue weighted by atomic mass is 9.95. The molecule has 1 aromatic heterocycles. The molecule has 0 aliphatic rings. The van der Waals surface area contributed by atoms with Gasteiger partial charge in [-0.2, -0.15) is 31.4 Å². The molecule has 0 aliphatic carbocycles. The van der Waals surface area contributed by atoms with Crippen molar-refractivity contribution in [3.8, 4) is 0 Å². The lowest BCUT2D eigenvalue weighted by Gasteiger charge is -2.31. The van der Waals surface area contributed by atoms with Gasteiger partial charge in [0.25, 0.3) is 0 Å². The molecule has 0 bridgehead atoms. The summed E-state index contributed by atoms with van der Waals surface area (Å²) in [6.45, 7) is 3.41. The zero-order valence-corrected chi connectivity index (χ0v) is 11.5. The first-order chi connectivity index (χ1) is 9.61. The van der Waals surface area contributed by atoms with Gasteiger partial charge >= 0.3 is 12.4 Å². The van der Waals surface area contributed by atoms with Crippen LogP contribution in [0.25, 0.3) is 0 Å². The van der Waals surface area contributed by atoms with Gasteiger partial charge in [0, 0.05) is 19.0 Å². The Hall–Kier alpha value is -1.32. The maximum Gasteiger partial charge on any atom is 0.402 e. The molecular weight excluding hydrogens is 302 g/mol. The van der Waals surface area contributed by atoms with Gasteiger partial charge in [0.05, 0.1) is 0 Å². The maximum absolute atomic E-state index is 12.8. The van der Waals surface area contributed by atoms with Crippen LogP contribution in [0.3, 0.4) is 0 Å². The van der Waals surface area contributed by atoms with Crippen LogP contribution in [-0.2, 0) is 13.0 Å². The maximum atomic E-state index is 12.8. The molecule has 122 valence electrons. The third kappa shape index (κ3) is 4.58. The minimum atomic E-state index is -5.39. The Morgan fingerprint density at radius 1 is 1.14 bits per heavy atom. The first kappa shape index (κ1) is 17.7. The van der Waals surface area contributed by atoms with Crippen LogP contribution in [0, 0.1) is 5.92 Å². The van der Waals surface area contributed by atoms with E-state index in [4.69, 9.17) is 0 Å². The molecule has 0 aliphatic heterocycles. The number of alkyl halides is 6. The highest BCUT2D eigenvalue weighted by Crippen LogP contribution is 2.42. The van der Waals surface area contributed by atoms with Crippen molar-refractivity contribution < 1.29 is 26.3 Å². The number of aryl methyl sites for hydroxylation is 1. The average molecular weight is 318 g/mol. The minimum Gasteiger partial charge on any atom is -0.313 e. The highest BCUT2D eigenvalue weighted by atomic mass is 19.4. The number of hydrogen-bond donors (Lipinski definition) is 1. The van der Waals surface area contributed by atoms with Gasteiger partial charge in [-0.1, -0.05) is 6.92 Å². The normalized spacial score (nSPS) is 14.7. The van der Waals surface area contributed by atoms with Crippen molar-refractivity contribution in [2.45, 2.75) is 45.2 Å². The van der Waals surface area contributed by atoms with Gasteiger partial charge in [-0.15, -0.1) is 0 Å². The standard InChI is InChI=1S/C11H16F6N4/c1-3-18-7(5-8-19-6-20-21(8)4-2)9(10(12,13)14)11(15,16)17/h6-7,9,18H,3-5H2,1-2H3. The molecular formula is C11H16F6N4. The van der Waals surface area contributed by atoms with Crippen LogP contribution in [0.5, 0.6) is 0 Å². The molecule has 0 spiro atoms. The van der Waals surface area contributed by atoms with Gasteiger partial charge in [0.2, 0.25) is 0 Å². The van der Waals surface area contributed by atoms with E-state index in [-0.39, 0.29) is 12.4 Å². The first-order valence-corrected chi connectivity index (χ1v) is 6.34. The molecule has 1 atom stereocenters. The van der Waals surface area contributed by atoms with Gasteiger partial charge in [-0.25, -0.2) is 4.98 Å². The molecule has 1 heterocycles. The number of hydrogen-bond acceptors (Lipinski definition) is 3. The molecule has 0 fully saturated rings. The van der Waals surface area contributed by atoms with Gasteiger partial charge in [0.15, 0.2) is 5.92 Å². The third-order valence-corrected chi connectivity index (χ3v) is 2.97. The second-order valence-corrected chi connectivity index (χ2v) is 4.42. The molecule has 0 aromatic carbocycles. The van der Waals surface area contributed by atoms with Crippen molar-refractivity contribution in [3.63, 3.8) is 0 Å². The van der Waals surface area contributed by atoms with E-state index < -0.39 is 30.7 Å². The molecule has 0 saturated carbocycles. The van der Waals surface area contributed by atoms with E-state index in [2.05, 4.69) is 15.4 Å². The molecule has 1 unspecified atom stereocenters. The molecule has 0 saturated heterocycles. The van der Waals surface area contributed by atoms with Crippen LogP contribution in [0.1, 0.15) is 19.7 Å². The quantitative estimate of drug-likeness (QED) is 0.820. The summed E-state index contributed by atoms with van der Waals surface area (Å²) in [5, 5.41) is 6.01. The molecule has 21 heavy (non-hydrogen) atoms. The first-order valence-electron chi connectivity index (χ1n) is 6.34. The zero-order valence-electron chi connectivity index (χ0n) is 11.5. The fourth-order valence-electron chi connectivity index (χ4n) is 2.12. The summed E-state index contributed by atoms with van der Waals surface area (Å²) < 4.78 is 78.1. The smallest absolute Gasteiger partial charge is 0.313 e. The van der Waals surface area contributed by atoms with E-state index in [1.807, 2.05) is 0 Å². The second kappa shape index (κ2) is 6.63. The largest absolute Gasteiger partial charge is 0.402 e. The Morgan fingerprint density at radius 3 is 2.14 bits per heavy atom. The zero-order chi connectivity index (χ0) is 16.3. The van der Waals surface area contributed by atoms with E-state index >= 15 is 0 Å². The molecule has 1 rings (SSSR count).